The largest absolute Gasteiger partial charge is 0.355 e. The fourth-order valence-electron chi connectivity index (χ4n) is 3.44. The van der Waals surface area contributed by atoms with Gasteiger partial charge in [-0.05, 0) is 25.7 Å². The summed E-state index contributed by atoms with van der Waals surface area (Å²) in [4.78, 5) is 8.49. The Morgan fingerprint density at radius 3 is 2.86 bits per heavy atom. The first kappa shape index (κ1) is 13.6. The Bertz CT molecular complexity index is 607. The minimum Gasteiger partial charge on any atom is -0.355 e. The van der Waals surface area contributed by atoms with Crippen LogP contribution in [0.25, 0.3) is 4.96 Å². The fourth-order valence-corrected chi connectivity index (χ4v) is 4.17. The lowest BCUT2D eigenvalue weighted by Gasteiger charge is -2.32. The summed E-state index contributed by atoms with van der Waals surface area (Å²) in [6.45, 7) is 0.939. The van der Waals surface area contributed by atoms with Crippen LogP contribution >= 0.6 is 11.3 Å². The average Bonchev–Trinajstić information content (AvgIpc) is 3.12. The Labute approximate surface area is 130 Å². The molecular weight excluding hydrogens is 280 g/mol. The summed E-state index contributed by atoms with van der Waals surface area (Å²) in [5, 5.41) is 5.79. The highest BCUT2D eigenvalue weighted by molar-refractivity contribution is 7.15. The molecule has 2 saturated carbocycles. The highest BCUT2D eigenvalue weighted by Crippen LogP contribution is 2.30. The summed E-state index contributed by atoms with van der Waals surface area (Å²) in [6, 6.07) is 1.41. The van der Waals surface area contributed by atoms with E-state index in [1.807, 2.05) is 0 Å². The number of rotatable bonds is 5. The summed E-state index contributed by atoms with van der Waals surface area (Å²) in [6.07, 6.45) is 11.6. The fraction of sp³-hybridized carbons (Fsp3) is 0.688. The molecule has 0 saturated heterocycles. The molecule has 0 aromatic carbocycles. The molecule has 0 spiro atoms. The van der Waals surface area contributed by atoms with Crippen molar-refractivity contribution < 1.29 is 0 Å². The van der Waals surface area contributed by atoms with Gasteiger partial charge in [0.15, 0.2) is 10.8 Å². The lowest BCUT2D eigenvalue weighted by molar-refractivity contribution is 0.425. The van der Waals surface area contributed by atoms with E-state index in [0.717, 1.165) is 17.5 Å². The van der Waals surface area contributed by atoms with Crippen LogP contribution in [0.15, 0.2) is 11.6 Å². The molecule has 0 unspecified atom stereocenters. The van der Waals surface area contributed by atoms with Crippen LogP contribution in [0.5, 0.6) is 0 Å². The van der Waals surface area contributed by atoms with Crippen molar-refractivity contribution in [2.24, 2.45) is 0 Å². The quantitative estimate of drug-likeness (QED) is 0.918. The molecule has 4 nitrogen and oxygen atoms in total. The second-order valence-corrected chi connectivity index (χ2v) is 7.37. The molecule has 2 aromatic heterocycles. The van der Waals surface area contributed by atoms with Gasteiger partial charge in [0, 0.05) is 37.3 Å². The lowest BCUT2D eigenvalue weighted by atomic mass is 9.94. The first-order valence-corrected chi connectivity index (χ1v) is 9.11. The summed E-state index contributed by atoms with van der Waals surface area (Å²) in [5.74, 6) is 1.20. The topological polar surface area (TPSA) is 32.6 Å². The minimum absolute atomic E-state index is 0.669. The molecule has 0 bridgehead atoms. The number of hydrogen-bond donors (Lipinski definition) is 1. The van der Waals surface area contributed by atoms with Crippen LogP contribution in [0, 0.1) is 0 Å². The van der Waals surface area contributed by atoms with Crippen LogP contribution < -0.4 is 10.2 Å². The van der Waals surface area contributed by atoms with Gasteiger partial charge in [-0.2, -0.15) is 0 Å². The zero-order valence-corrected chi connectivity index (χ0v) is 13.5. The molecule has 2 fully saturated rings. The molecule has 114 valence electrons. The van der Waals surface area contributed by atoms with Crippen LogP contribution in [0.2, 0.25) is 0 Å². The maximum atomic E-state index is 4.91. The number of thiazole rings is 1. The molecule has 5 heteroatoms. The van der Waals surface area contributed by atoms with Crippen molar-refractivity contribution >= 4 is 22.1 Å². The van der Waals surface area contributed by atoms with Crippen LogP contribution in [0.4, 0.5) is 5.82 Å². The maximum Gasteiger partial charge on any atom is 0.195 e. The van der Waals surface area contributed by atoms with E-state index in [1.54, 1.807) is 11.3 Å². The monoisotopic (exact) mass is 304 g/mol. The van der Waals surface area contributed by atoms with Crippen LogP contribution in [-0.2, 0) is 6.54 Å². The number of nitrogens with one attached hydrogen (secondary N) is 1. The van der Waals surface area contributed by atoms with Crippen LogP contribution in [0.3, 0.4) is 0 Å². The molecule has 1 N–H and O–H groups in total. The number of anilines is 1. The standard InChI is InChI=1S/C16H24N4S/c1-19(13-5-3-2-4-6-13)15-14(11-17-12-7-8-12)20-9-10-21-16(20)18-15/h9-10,12-13,17H,2-8,11H2,1H3. The predicted octanol–water partition coefficient (Wildman–Crippen LogP) is 3.42. The van der Waals surface area contributed by atoms with E-state index in [-0.39, 0.29) is 0 Å². The minimum atomic E-state index is 0.669. The SMILES string of the molecule is CN(c1nc2sccn2c1CNC1CC1)C1CCCCC1. The first-order valence-electron chi connectivity index (χ1n) is 8.23. The Kier molecular flexibility index (Phi) is 3.63. The summed E-state index contributed by atoms with van der Waals surface area (Å²) >= 11 is 1.73. The third kappa shape index (κ3) is 2.69. The Morgan fingerprint density at radius 1 is 1.29 bits per heavy atom. The molecule has 2 aromatic rings. The van der Waals surface area contributed by atoms with Crippen molar-refractivity contribution in [1.29, 1.82) is 0 Å². The van der Waals surface area contributed by atoms with Crippen molar-refractivity contribution in [2.45, 2.75) is 63.6 Å². The number of imidazole rings is 1. The Balaban J connectivity index is 1.61. The Morgan fingerprint density at radius 2 is 2.10 bits per heavy atom. The van der Waals surface area contributed by atoms with E-state index in [9.17, 15) is 0 Å². The molecule has 2 aliphatic rings. The van der Waals surface area contributed by atoms with Gasteiger partial charge >= 0.3 is 0 Å². The van der Waals surface area contributed by atoms with E-state index < -0.39 is 0 Å². The number of hydrogen-bond acceptors (Lipinski definition) is 4. The van der Waals surface area contributed by atoms with Gasteiger partial charge in [0.25, 0.3) is 0 Å². The van der Waals surface area contributed by atoms with Crippen molar-refractivity contribution in [3.63, 3.8) is 0 Å². The smallest absolute Gasteiger partial charge is 0.195 e. The molecule has 0 atom stereocenters. The number of aromatic nitrogens is 2. The van der Waals surface area contributed by atoms with Gasteiger partial charge in [0.05, 0.1) is 5.69 Å². The van der Waals surface area contributed by atoms with Gasteiger partial charge in [-0.1, -0.05) is 19.3 Å². The molecule has 0 amide bonds. The predicted molar refractivity (Wildman–Crippen MR) is 88.2 cm³/mol. The highest BCUT2D eigenvalue weighted by Gasteiger charge is 2.26. The molecule has 21 heavy (non-hydrogen) atoms. The van der Waals surface area contributed by atoms with Gasteiger partial charge < -0.3 is 10.2 Å². The van der Waals surface area contributed by atoms with Crippen LogP contribution in [0.1, 0.15) is 50.6 Å². The molecule has 0 aliphatic heterocycles. The second kappa shape index (κ2) is 5.61. The highest BCUT2D eigenvalue weighted by atomic mass is 32.1. The van der Waals surface area contributed by atoms with Crippen molar-refractivity contribution in [1.82, 2.24) is 14.7 Å². The van der Waals surface area contributed by atoms with Crippen molar-refractivity contribution in [3.8, 4) is 0 Å². The average molecular weight is 304 g/mol. The molecule has 0 radical (unpaired) electrons. The second-order valence-electron chi connectivity index (χ2n) is 6.50. The molecule has 4 rings (SSSR count). The maximum absolute atomic E-state index is 4.91. The molecular formula is C16H24N4S. The van der Waals surface area contributed by atoms with Gasteiger partial charge in [-0.15, -0.1) is 11.3 Å². The first-order chi connectivity index (χ1) is 10.3. The third-order valence-electron chi connectivity index (χ3n) is 4.93. The van der Waals surface area contributed by atoms with Crippen LogP contribution in [-0.4, -0.2) is 28.5 Å². The zero-order chi connectivity index (χ0) is 14.2. The summed E-state index contributed by atoms with van der Waals surface area (Å²) < 4.78 is 2.27. The normalized spacial score (nSPS) is 20.2. The third-order valence-corrected chi connectivity index (χ3v) is 5.69. The van der Waals surface area contributed by atoms with E-state index >= 15 is 0 Å². The van der Waals surface area contributed by atoms with E-state index in [1.165, 1.54) is 56.5 Å². The van der Waals surface area contributed by atoms with Crippen molar-refractivity contribution in [3.05, 3.63) is 17.3 Å². The van der Waals surface area contributed by atoms with E-state index in [0.29, 0.717) is 6.04 Å². The Hall–Kier alpha value is -1.07. The molecule has 2 heterocycles. The van der Waals surface area contributed by atoms with Gasteiger partial charge in [-0.3, -0.25) is 4.40 Å². The number of nitrogens with zero attached hydrogens (tertiary/aromatic N) is 3. The van der Waals surface area contributed by atoms with E-state index in [2.05, 4.69) is 33.2 Å². The summed E-state index contributed by atoms with van der Waals surface area (Å²) in [7, 11) is 2.24. The lowest BCUT2D eigenvalue weighted by Crippen LogP contribution is -2.34. The van der Waals surface area contributed by atoms with Crippen molar-refractivity contribution in [2.75, 3.05) is 11.9 Å². The van der Waals surface area contributed by atoms with Gasteiger partial charge in [-0.25, -0.2) is 4.98 Å². The number of fused-ring (bicyclic) bond motifs is 1. The summed E-state index contributed by atoms with van der Waals surface area (Å²) in [5.41, 5.74) is 1.34. The van der Waals surface area contributed by atoms with Gasteiger partial charge in [0.2, 0.25) is 0 Å². The zero-order valence-electron chi connectivity index (χ0n) is 12.7. The van der Waals surface area contributed by atoms with E-state index in [4.69, 9.17) is 4.98 Å². The van der Waals surface area contributed by atoms with Gasteiger partial charge in [0.1, 0.15) is 0 Å². The molecule has 2 aliphatic carbocycles.